The second-order valence-electron chi connectivity index (χ2n) is 14.9. The summed E-state index contributed by atoms with van der Waals surface area (Å²) in [5, 5.41) is 2.11. The fraction of sp³-hybridized carbons (Fsp3) is 0.488. The predicted molar refractivity (Wildman–Crippen MR) is 210 cm³/mol. The Balaban J connectivity index is 1.29. The van der Waals surface area contributed by atoms with Gasteiger partial charge in [-0.2, -0.15) is 0 Å². The number of hydrogen-bond donors (Lipinski definition) is 2. The molecular weight excluding hydrogens is 649 g/mol. The fourth-order valence-corrected chi connectivity index (χ4v) is 7.60. The van der Waals surface area contributed by atoms with Gasteiger partial charge in [-0.05, 0) is 99.2 Å². The quantitative estimate of drug-likeness (QED) is 0.120. The minimum absolute atomic E-state index is 0.109. The third-order valence-corrected chi connectivity index (χ3v) is 11.3. The standard InChI is InChI=1S/C43H56N6O3/c1-10-14-39(50)48(26(6)12-3)28(8)42-44-23-37(46-42)31-15-17-33-32(20-31)24-52-38-22-34-30(21-35(33)38)16-18-36-41(34)47-43(45-36)29(9)49(27(7)13-4)40(51)19-25(5)11-2/h15-18,20-23,25-29H,10-14,19,24H2,1-9H3,(H,44,46)(H,45,47)/t25-,26-,27-,28-,29-/m0/s1. The first-order valence-corrected chi connectivity index (χ1v) is 19.4. The largest absolute Gasteiger partial charge is 0.488 e. The van der Waals surface area contributed by atoms with Crippen molar-refractivity contribution in [1.29, 1.82) is 0 Å². The minimum Gasteiger partial charge on any atom is -0.488 e. The Morgan fingerprint density at radius 2 is 1.52 bits per heavy atom. The van der Waals surface area contributed by atoms with E-state index in [2.05, 4.69) is 108 Å². The Morgan fingerprint density at radius 1 is 0.808 bits per heavy atom. The number of carbonyl (C=O) groups excluding carboxylic acids is 2. The van der Waals surface area contributed by atoms with Crippen molar-refractivity contribution in [1.82, 2.24) is 29.7 Å². The van der Waals surface area contributed by atoms with Crippen molar-refractivity contribution >= 4 is 33.6 Å². The van der Waals surface area contributed by atoms with Gasteiger partial charge >= 0.3 is 0 Å². The van der Waals surface area contributed by atoms with Gasteiger partial charge in [-0.3, -0.25) is 9.59 Å². The van der Waals surface area contributed by atoms with Crippen molar-refractivity contribution in [2.75, 3.05) is 0 Å². The molecule has 2 aromatic heterocycles. The number of imidazole rings is 2. The zero-order chi connectivity index (χ0) is 37.3. The van der Waals surface area contributed by atoms with Gasteiger partial charge in [0.1, 0.15) is 24.0 Å². The summed E-state index contributed by atoms with van der Waals surface area (Å²) < 4.78 is 6.42. The highest BCUT2D eigenvalue weighted by molar-refractivity contribution is 6.07. The van der Waals surface area contributed by atoms with Crippen molar-refractivity contribution in [3.05, 3.63) is 65.9 Å². The molecule has 0 saturated carbocycles. The van der Waals surface area contributed by atoms with Gasteiger partial charge in [0.25, 0.3) is 0 Å². The molecule has 0 spiro atoms. The molecule has 0 radical (unpaired) electrons. The molecule has 276 valence electrons. The van der Waals surface area contributed by atoms with E-state index in [1.54, 1.807) is 0 Å². The molecule has 3 aromatic carbocycles. The zero-order valence-corrected chi connectivity index (χ0v) is 32.5. The maximum atomic E-state index is 13.5. The predicted octanol–water partition coefficient (Wildman–Crippen LogP) is 10.3. The Labute approximate surface area is 308 Å². The molecule has 0 aliphatic carbocycles. The van der Waals surface area contributed by atoms with Crippen LogP contribution in [0.25, 0.3) is 44.2 Å². The van der Waals surface area contributed by atoms with Crippen LogP contribution >= 0.6 is 0 Å². The van der Waals surface area contributed by atoms with Crippen LogP contribution in [0.2, 0.25) is 0 Å². The fourth-order valence-electron chi connectivity index (χ4n) is 7.60. The van der Waals surface area contributed by atoms with Crippen LogP contribution in [0.3, 0.4) is 0 Å². The first-order valence-electron chi connectivity index (χ1n) is 19.4. The van der Waals surface area contributed by atoms with E-state index >= 15 is 0 Å². The summed E-state index contributed by atoms with van der Waals surface area (Å²) in [6.07, 6.45) is 6.52. The molecule has 0 fully saturated rings. The van der Waals surface area contributed by atoms with E-state index in [9.17, 15) is 9.59 Å². The number of carbonyl (C=O) groups is 2. The number of fused-ring (bicyclic) bond motifs is 6. The van der Waals surface area contributed by atoms with E-state index in [-0.39, 0.29) is 36.0 Å². The lowest BCUT2D eigenvalue weighted by atomic mass is 9.92. The van der Waals surface area contributed by atoms with Gasteiger partial charge in [0.2, 0.25) is 11.8 Å². The van der Waals surface area contributed by atoms with E-state index in [0.29, 0.717) is 25.4 Å². The Kier molecular flexibility index (Phi) is 11.1. The third-order valence-electron chi connectivity index (χ3n) is 11.3. The van der Waals surface area contributed by atoms with Crippen LogP contribution in [0.15, 0.2) is 48.7 Å². The Bertz CT molecular complexity index is 2060. The van der Waals surface area contributed by atoms with E-state index in [1.807, 2.05) is 22.9 Å². The van der Waals surface area contributed by atoms with Crippen LogP contribution in [-0.4, -0.2) is 53.6 Å². The van der Waals surface area contributed by atoms with E-state index in [1.165, 1.54) is 0 Å². The Morgan fingerprint density at radius 3 is 2.21 bits per heavy atom. The van der Waals surface area contributed by atoms with Crippen LogP contribution < -0.4 is 4.74 Å². The topological polar surface area (TPSA) is 107 Å². The SMILES string of the molecule is CCCC(=O)N([C@@H](C)CC)[C@@H](C)c1ncc(-c2ccc3c(c2)COc2cc4c(ccc5[nH]c([C@H](C)N(C(=O)C[C@@H](C)CC)[C@@H](C)CC)nc54)cc2-3)[nH]1. The summed E-state index contributed by atoms with van der Waals surface area (Å²) in [4.78, 5) is 47.4. The van der Waals surface area contributed by atoms with E-state index in [0.717, 1.165) is 92.8 Å². The van der Waals surface area contributed by atoms with Gasteiger partial charge in [-0.25, -0.2) is 9.97 Å². The van der Waals surface area contributed by atoms with Crippen LogP contribution in [0.5, 0.6) is 5.75 Å². The molecule has 1 aliphatic rings. The van der Waals surface area contributed by atoms with E-state index in [4.69, 9.17) is 14.7 Å². The Hall–Kier alpha value is -4.66. The molecule has 0 unspecified atom stereocenters. The summed E-state index contributed by atoms with van der Waals surface area (Å²) in [6.45, 7) is 19.4. The number of benzene rings is 3. The number of aromatic amines is 2. The molecule has 9 nitrogen and oxygen atoms in total. The van der Waals surface area contributed by atoms with Crippen molar-refractivity contribution in [2.45, 2.75) is 132 Å². The summed E-state index contributed by atoms with van der Waals surface area (Å²) in [5.41, 5.74) is 7.09. The van der Waals surface area contributed by atoms with Crippen LogP contribution in [0.1, 0.15) is 130 Å². The molecule has 2 N–H and O–H groups in total. The summed E-state index contributed by atoms with van der Waals surface area (Å²) >= 11 is 0. The first kappa shape index (κ1) is 37.1. The van der Waals surface area contributed by atoms with Gasteiger partial charge < -0.3 is 24.5 Å². The molecule has 0 saturated heterocycles. The molecule has 5 atom stereocenters. The van der Waals surface area contributed by atoms with Crippen molar-refractivity contribution in [2.24, 2.45) is 5.92 Å². The summed E-state index contributed by atoms with van der Waals surface area (Å²) in [5.74, 6) is 3.11. The number of amides is 2. The van der Waals surface area contributed by atoms with Crippen LogP contribution in [-0.2, 0) is 16.2 Å². The lowest BCUT2D eigenvalue weighted by molar-refractivity contribution is -0.137. The van der Waals surface area contributed by atoms with Gasteiger partial charge in [-0.1, -0.05) is 59.2 Å². The van der Waals surface area contributed by atoms with Crippen molar-refractivity contribution in [3.8, 4) is 28.1 Å². The number of nitrogens with zero attached hydrogens (tertiary/aromatic N) is 4. The number of ether oxygens (including phenoxy) is 1. The number of hydrogen-bond acceptors (Lipinski definition) is 5. The average molecular weight is 705 g/mol. The lowest BCUT2D eigenvalue weighted by Crippen LogP contribution is -2.41. The monoisotopic (exact) mass is 704 g/mol. The second-order valence-corrected chi connectivity index (χ2v) is 14.9. The molecule has 6 rings (SSSR count). The van der Waals surface area contributed by atoms with Gasteiger partial charge in [0, 0.05) is 35.9 Å². The smallest absolute Gasteiger partial charge is 0.223 e. The van der Waals surface area contributed by atoms with Crippen LogP contribution in [0, 0.1) is 5.92 Å². The highest BCUT2D eigenvalue weighted by Gasteiger charge is 2.30. The number of H-pyrrole nitrogens is 2. The highest BCUT2D eigenvalue weighted by atomic mass is 16.5. The second kappa shape index (κ2) is 15.5. The lowest BCUT2D eigenvalue weighted by Gasteiger charge is -2.34. The van der Waals surface area contributed by atoms with Gasteiger partial charge in [0.05, 0.1) is 35.0 Å². The van der Waals surface area contributed by atoms with Gasteiger partial charge in [0.15, 0.2) is 0 Å². The molecule has 52 heavy (non-hydrogen) atoms. The summed E-state index contributed by atoms with van der Waals surface area (Å²) in [6, 6.07) is 14.9. The van der Waals surface area contributed by atoms with Crippen LogP contribution in [0.4, 0.5) is 0 Å². The molecule has 9 heteroatoms. The number of nitrogens with one attached hydrogen (secondary N) is 2. The third kappa shape index (κ3) is 7.06. The highest BCUT2D eigenvalue weighted by Crippen LogP contribution is 2.43. The molecule has 3 heterocycles. The van der Waals surface area contributed by atoms with Crippen molar-refractivity contribution < 1.29 is 14.3 Å². The van der Waals surface area contributed by atoms with Gasteiger partial charge in [-0.15, -0.1) is 0 Å². The molecular formula is C43H56N6O3. The normalized spacial score (nSPS) is 15.3. The molecule has 1 aliphatic heterocycles. The maximum absolute atomic E-state index is 13.5. The minimum atomic E-state index is -0.180. The van der Waals surface area contributed by atoms with E-state index < -0.39 is 0 Å². The average Bonchev–Trinajstić information content (AvgIpc) is 3.82. The number of rotatable bonds is 14. The summed E-state index contributed by atoms with van der Waals surface area (Å²) in [7, 11) is 0. The zero-order valence-electron chi connectivity index (χ0n) is 32.5. The maximum Gasteiger partial charge on any atom is 0.223 e. The molecule has 5 aromatic rings. The van der Waals surface area contributed by atoms with Crippen molar-refractivity contribution in [3.63, 3.8) is 0 Å². The molecule has 0 bridgehead atoms. The number of aromatic nitrogens is 4. The molecule has 2 amide bonds. The first-order chi connectivity index (χ1) is 25.0.